The number of nitrogens with zero attached hydrogens (tertiary/aromatic N) is 3. The Labute approximate surface area is 121 Å². The van der Waals surface area contributed by atoms with Crippen molar-refractivity contribution in [2.24, 2.45) is 0 Å². The first kappa shape index (κ1) is 11.8. The Morgan fingerprint density at radius 2 is 2.10 bits per heavy atom. The van der Waals surface area contributed by atoms with Crippen molar-refractivity contribution < 1.29 is 0 Å². The Hall–Kier alpha value is -2.95. The lowest BCUT2D eigenvalue weighted by molar-refractivity contribution is 1.10. The minimum Gasteiger partial charge on any atom is -0.365 e. The van der Waals surface area contributed by atoms with Gasteiger partial charge in [-0.2, -0.15) is 0 Å². The van der Waals surface area contributed by atoms with Crippen LogP contribution < -0.4 is 5.32 Å². The number of pyridine rings is 1. The van der Waals surface area contributed by atoms with Crippen LogP contribution in [0.5, 0.6) is 0 Å². The van der Waals surface area contributed by atoms with Gasteiger partial charge < -0.3 is 10.3 Å². The largest absolute Gasteiger partial charge is 0.365 e. The molecule has 1 aromatic carbocycles. The summed E-state index contributed by atoms with van der Waals surface area (Å²) >= 11 is 0. The second-order valence-corrected chi connectivity index (χ2v) is 4.85. The van der Waals surface area contributed by atoms with Gasteiger partial charge in [-0.15, -0.1) is 0 Å². The summed E-state index contributed by atoms with van der Waals surface area (Å²) in [5.74, 6) is 0.729. The van der Waals surface area contributed by atoms with E-state index in [-0.39, 0.29) is 0 Å². The number of anilines is 1. The van der Waals surface area contributed by atoms with Crippen LogP contribution in [-0.4, -0.2) is 19.9 Å². The molecule has 2 N–H and O–H groups in total. The van der Waals surface area contributed by atoms with Gasteiger partial charge in [0.2, 0.25) is 0 Å². The number of aromatic nitrogens is 4. The third-order valence-corrected chi connectivity index (χ3v) is 3.41. The van der Waals surface area contributed by atoms with E-state index in [1.54, 1.807) is 12.4 Å². The van der Waals surface area contributed by atoms with E-state index in [1.165, 1.54) is 10.9 Å². The van der Waals surface area contributed by atoms with Crippen LogP contribution in [0.1, 0.15) is 5.56 Å². The molecule has 0 fully saturated rings. The van der Waals surface area contributed by atoms with Crippen molar-refractivity contribution in [3.63, 3.8) is 0 Å². The Balaban J connectivity index is 1.56. The van der Waals surface area contributed by atoms with E-state index in [4.69, 9.17) is 0 Å². The molecule has 3 heterocycles. The Kier molecular flexibility index (Phi) is 2.74. The third-order valence-electron chi connectivity index (χ3n) is 3.41. The molecule has 0 saturated carbocycles. The van der Waals surface area contributed by atoms with Crippen LogP contribution >= 0.6 is 0 Å². The molecule has 5 nitrogen and oxygen atoms in total. The standard InChI is InChI=1S/C16H13N5/c1-2-13-16(18-6-1)21-15(10-19-13)20-9-11-3-4-12-5-7-17-14(12)8-11/h1-8,10,17H,9H2,(H,18,20,21). The zero-order chi connectivity index (χ0) is 14.1. The van der Waals surface area contributed by atoms with Gasteiger partial charge in [-0.05, 0) is 35.2 Å². The average Bonchev–Trinajstić information content (AvgIpc) is 3.00. The van der Waals surface area contributed by atoms with Crippen molar-refractivity contribution in [2.45, 2.75) is 6.54 Å². The molecule has 3 aromatic heterocycles. The van der Waals surface area contributed by atoms with Crippen LogP contribution in [-0.2, 0) is 6.54 Å². The smallest absolute Gasteiger partial charge is 0.180 e. The summed E-state index contributed by atoms with van der Waals surface area (Å²) in [6, 6.07) is 12.2. The van der Waals surface area contributed by atoms with E-state index in [0.29, 0.717) is 12.2 Å². The van der Waals surface area contributed by atoms with Crippen molar-refractivity contribution in [2.75, 3.05) is 5.32 Å². The van der Waals surface area contributed by atoms with Crippen molar-refractivity contribution in [3.05, 3.63) is 60.6 Å². The molecular formula is C16H13N5. The maximum Gasteiger partial charge on any atom is 0.180 e. The van der Waals surface area contributed by atoms with Crippen LogP contribution in [0.15, 0.2) is 55.0 Å². The van der Waals surface area contributed by atoms with E-state index < -0.39 is 0 Å². The average molecular weight is 275 g/mol. The lowest BCUT2D eigenvalue weighted by Crippen LogP contribution is -2.02. The monoisotopic (exact) mass is 275 g/mol. The normalized spacial score (nSPS) is 11.0. The highest BCUT2D eigenvalue weighted by atomic mass is 15.0. The Morgan fingerprint density at radius 3 is 3.10 bits per heavy atom. The predicted molar refractivity (Wildman–Crippen MR) is 83.0 cm³/mol. The maximum atomic E-state index is 4.45. The van der Waals surface area contributed by atoms with Gasteiger partial charge >= 0.3 is 0 Å². The van der Waals surface area contributed by atoms with Gasteiger partial charge in [0.15, 0.2) is 5.65 Å². The summed E-state index contributed by atoms with van der Waals surface area (Å²) in [5, 5.41) is 4.50. The van der Waals surface area contributed by atoms with E-state index in [2.05, 4.69) is 49.5 Å². The first-order valence-corrected chi connectivity index (χ1v) is 6.76. The van der Waals surface area contributed by atoms with E-state index in [9.17, 15) is 0 Å². The van der Waals surface area contributed by atoms with Gasteiger partial charge in [-0.3, -0.25) is 0 Å². The Morgan fingerprint density at radius 1 is 1.10 bits per heavy atom. The number of hydrogen-bond acceptors (Lipinski definition) is 4. The molecule has 4 aromatic rings. The third kappa shape index (κ3) is 2.29. The fourth-order valence-corrected chi connectivity index (χ4v) is 2.33. The minimum atomic E-state index is 0.655. The van der Waals surface area contributed by atoms with Crippen molar-refractivity contribution >= 4 is 27.9 Å². The molecule has 0 saturated heterocycles. The van der Waals surface area contributed by atoms with Gasteiger partial charge in [0.25, 0.3) is 0 Å². The van der Waals surface area contributed by atoms with Crippen LogP contribution in [0.2, 0.25) is 0 Å². The molecule has 0 aliphatic rings. The van der Waals surface area contributed by atoms with Gasteiger partial charge in [0.1, 0.15) is 11.3 Å². The molecule has 4 rings (SSSR count). The number of nitrogens with one attached hydrogen (secondary N) is 2. The lowest BCUT2D eigenvalue weighted by atomic mass is 10.1. The highest BCUT2D eigenvalue weighted by Crippen LogP contribution is 2.15. The molecule has 5 heteroatoms. The molecule has 102 valence electrons. The zero-order valence-electron chi connectivity index (χ0n) is 11.2. The van der Waals surface area contributed by atoms with E-state index >= 15 is 0 Å². The topological polar surface area (TPSA) is 66.5 Å². The van der Waals surface area contributed by atoms with E-state index in [1.807, 2.05) is 18.3 Å². The van der Waals surface area contributed by atoms with Crippen LogP contribution in [0.25, 0.3) is 22.1 Å². The molecule has 0 aliphatic carbocycles. The summed E-state index contributed by atoms with van der Waals surface area (Å²) in [7, 11) is 0. The number of fused-ring (bicyclic) bond motifs is 2. The number of hydrogen-bond donors (Lipinski definition) is 2. The summed E-state index contributed by atoms with van der Waals surface area (Å²) in [4.78, 5) is 16.2. The van der Waals surface area contributed by atoms with Crippen LogP contribution in [0.3, 0.4) is 0 Å². The van der Waals surface area contributed by atoms with Crippen molar-refractivity contribution in [3.8, 4) is 0 Å². The summed E-state index contributed by atoms with van der Waals surface area (Å²) in [5.41, 5.74) is 3.78. The molecule has 21 heavy (non-hydrogen) atoms. The fourth-order valence-electron chi connectivity index (χ4n) is 2.33. The highest BCUT2D eigenvalue weighted by molar-refractivity contribution is 5.80. The molecule has 0 aliphatic heterocycles. The highest BCUT2D eigenvalue weighted by Gasteiger charge is 2.01. The summed E-state index contributed by atoms with van der Waals surface area (Å²) in [6.45, 7) is 0.696. The van der Waals surface area contributed by atoms with Gasteiger partial charge in [0, 0.05) is 24.5 Å². The van der Waals surface area contributed by atoms with Gasteiger partial charge in [-0.25, -0.2) is 15.0 Å². The number of H-pyrrole nitrogens is 1. The molecule has 0 bridgehead atoms. The van der Waals surface area contributed by atoms with Crippen molar-refractivity contribution in [1.29, 1.82) is 0 Å². The molecule has 0 amide bonds. The molecular weight excluding hydrogens is 262 g/mol. The SMILES string of the molecule is c1cnc2nc(NCc3ccc4cc[nH]c4c3)cnc2c1. The number of aromatic amines is 1. The first-order valence-electron chi connectivity index (χ1n) is 6.76. The first-order chi connectivity index (χ1) is 10.4. The summed E-state index contributed by atoms with van der Waals surface area (Å²) < 4.78 is 0. The maximum absolute atomic E-state index is 4.45. The second kappa shape index (κ2) is 4.86. The van der Waals surface area contributed by atoms with E-state index in [0.717, 1.165) is 16.9 Å². The van der Waals surface area contributed by atoms with Crippen LogP contribution in [0, 0.1) is 0 Å². The molecule has 0 spiro atoms. The molecule has 0 unspecified atom stereocenters. The fraction of sp³-hybridized carbons (Fsp3) is 0.0625. The number of benzene rings is 1. The Bertz CT molecular complexity index is 912. The second-order valence-electron chi connectivity index (χ2n) is 4.85. The lowest BCUT2D eigenvalue weighted by Gasteiger charge is -2.06. The number of rotatable bonds is 3. The molecule has 0 radical (unpaired) electrons. The summed E-state index contributed by atoms with van der Waals surface area (Å²) in [6.07, 6.45) is 5.40. The van der Waals surface area contributed by atoms with Crippen molar-refractivity contribution in [1.82, 2.24) is 19.9 Å². The quantitative estimate of drug-likeness (QED) is 0.603. The minimum absolute atomic E-state index is 0.655. The van der Waals surface area contributed by atoms with Gasteiger partial charge in [0.05, 0.1) is 6.20 Å². The van der Waals surface area contributed by atoms with Crippen LogP contribution in [0.4, 0.5) is 5.82 Å². The van der Waals surface area contributed by atoms with Gasteiger partial charge in [-0.1, -0.05) is 12.1 Å². The predicted octanol–water partition coefficient (Wildman–Crippen LogP) is 3.12. The zero-order valence-corrected chi connectivity index (χ0v) is 11.2. The molecule has 0 atom stereocenters.